The van der Waals surface area contributed by atoms with E-state index >= 15 is 0 Å². The van der Waals surface area contributed by atoms with Crippen LogP contribution in [0.1, 0.15) is 15.9 Å². The molecule has 0 heterocycles. The Labute approximate surface area is 122 Å². The predicted octanol–water partition coefficient (Wildman–Crippen LogP) is 2.86. The highest BCUT2D eigenvalue weighted by Gasteiger charge is 2.12. The summed E-state index contributed by atoms with van der Waals surface area (Å²) < 4.78 is 5.16. The van der Waals surface area contributed by atoms with Crippen LogP contribution in [0.5, 0.6) is 5.75 Å². The Hall–Kier alpha value is -2.20. The van der Waals surface area contributed by atoms with Crippen molar-refractivity contribution < 1.29 is 9.53 Å². The molecule has 0 saturated heterocycles. The highest BCUT2D eigenvalue weighted by atomic mass is 35.5. The molecule has 0 aromatic heterocycles. The lowest BCUT2D eigenvalue weighted by Gasteiger charge is -2.10. The van der Waals surface area contributed by atoms with Crippen LogP contribution < -0.4 is 15.8 Å². The number of nitrogens with one attached hydrogen (secondary N) is 1. The minimum absolute atomic E-state index is 0.221. The zero-order chi connectivity index (χ0) is 14.5. The molecular weight excluding hydrogens is 276 g/mol. The lowest BCUT2D eigenvalue weighted by Crippen LogP contribution is -2.23. The molecule has 2 aromatic carbocycles. The van der Waals surface area contributed by atoms with Gasteiger partial charge in [0.2, 0.25) is 0 Å². The third-order valence-electron chi connectivity index (χ3n) is 2.81. The molecule has 0 spiro atoms. The van der Waals surface area contributed by atoms with Crippen molar-refractivity contribution >= 4 is 23.2 Å². The topological polar surface area (TPSA) is 64.3 Å². The van der Waals surface area contributed by atoms with Crippen LogP contribution in [0.15, 0.2) is 42.5 Å². The first-order valence-electron chi connectivity index (χ1n) is 6.06. The number of nitrogens with two attached hydrogens (primary N) is 1. The quantitative estimate of drug-likeness (QED) is 0.851. The second-order valence-electron chi connectivity index (χ2n) is 4.27. The lowest BCUT2D eigenvalue weighted by atomic mass is 10.1. The summed E-state index contributed by atoms with van der Waals surface area (Å²) >= 11 is 5.90. The van der Waals surface area contributed by atoms with Crippen LogP contribution in [-0.2, 0) is 6.54 Å². The van der Waals surface area contributed by atoms with Gasteiger partial charge < -0.3 is 15.8 Å². The summed E-state index contributed by atoms with van der Waals surface area (Å²) in [6.07, 6.45) is 0. The van der Waals surface area contributed by atoms with E-state index in [1.54, 1.807) is 24.3 Å². The Morgan fingerprint density at radius 3 is 2.80 bits per heavy atom. The Balaban J connectivity index is 2.09. The molecule has 0 radical (unpaired) electrons. The maximum Gasteiger partial charge on any atom is 0.255 e. The van der Waals surface area contributed by atoms with Crippen LogP contribution in [0.2, 0.25) is 5.02 Å². The highest BCUT2D eigenvalue weighted by molar-refractivity contribution is 6.30. The van der Waals surface area contributed by atoms with Crippen molar-refractivity contribution in [2.45, 2.75) is 6.54 Å². The van der Waals surface area contributed by atoms with Gasteiger partial charge in [0.25, 0.3) is 5.91 Å². The van der Waals surface area contributed by atoms with Gasteiger partial charge in [-0.05, 0) is 29.8 Å². The smallest absolute Gasteiger partial charge is 0.255 e. The van der Waals surface area contributed by atoms with E-state index < -0.39 is 0 Å². The average Bonchev–Trinajstić information content (AvgIpc) is 2.44. The molecule has 5 heteroatoms. The molecule has 0 fully saturated rings. The van der Waals surface area contributed by atoms with E-state index in [0.717, 1.165) is 5.56 Å². The van der Waals surface area contributed by atoms with Gasteiger partial charge in [0.1, 0.15) is 5.75 Å². The van der Waals surface area contributed by atoms with Gasteiger partial charge in [0.15, 0.2) is 0 Å². The summed E-state index contributed by atoms with van der Waals surface area (Å²) in [5.41, 5.74) is 7.59. The van der Waals surface area contributed by atoms with Gasteiger partial charge >= 0.3 is 0 Å². The number of benzene rings is 2. The van der Waals surface area contributed by atoms with Gasteiger partial charge in [-0.2, -0.15) is 0 Å². The number of carbonyl (C=O) groups is 1. The lowest BCUT2D eigenvalue weighted by molar-refractivity contribution is 0.0948. The van der Waals surface area contributed by atoms with Gasteiger partial charge in [-0.15, -0.1) is 0 Å². The number of carbonyl (C=O) groups excluding carboxylic acids is 1. The van der Waals surface area contributed by atoms with Crippen LogP contribution in [-0.4, -0.2) is 13.0 Å². The molecule has 0 bridgehead atoms. The molecule has 4 nitrogen and oxygen atoms in total. The molecule has 104 valence electrons. The summed E-state index contributed by atoms with van der Waals surface area (Å²) in [4.78, 5) is 12.1. The minimum atomic E-state index is -0.221. The molecule has 2 rings (SSSR count). The summed E-state index contributed by atoms with van der Waals surface area (Å²) in [6.45, 7) is 0.396. The monoisotopic (exact) mass is 290 g/mol. The van der Waals surface area contributed by atoms with Gasteiger partial charge in [0, 0.05) is 23.3 Å². The highest BCUT2D eigenvalue weighted by Crippen LogP contribution is 2.21. The van der Waals surface area contributed by atoms with Crippen molar-refractivity contribution in [2.24, 2.45) is 0 Å². The number of nitrogen functional groups attached to an aromatic ring is 1. The van der Waals surface area contributed by atoms with Crippen molar-refractivity contribution in [1.29, 1.82) is 0 Å². The number of methoxy groups -OCH3 is 1. The second kappa shape index (κ2) is 6.30. The van der Waals surface area contributed by atoms with E-state index in [2.05, 4.69) is 5.32 Å². The third kappa shape index (κ3) is 3.42. The predicted molar refractivity (Wildman–Crippen MR) is 80.0 cm³/mol. The average molecular weight is 291 g/mol. The van der Waals surface area contributed by atoms with E-state index in [1.807, 2.05) is 18.2 Å². The summed E-state index contributed by atoms with van der Waals surface area (Å²) in [5.74, 6) is 0.232. The van der Waals surface area contributed by atoms with E-state index in [4.69, 9.17) is 22.1 Å². The minimum Gasteiger partial charge on any atom is -0.496 e. The third-order valence-corrected chi connectivity index (χ3v) is 3.05. The number of hydrogen-bond donors (Lipinski definition) is 2. The normalized spacial score (nSPS) is 10.1. The van der Waals surface area contributed by atoms with Crippen molar-refractivity contribution in [3.8, 4) is 5.75 Å². The molecule has 3 N–H and O–H groups in total. The molecule has 0 aliphatic rings. The maximum atomic E-state index is 12.1. The Morgan fingerprint density at radius 1 is 1.30 bits per heavy atom. The second-order valence-corrected chi connectivity index (χ2v) is 4.71. The summed E-state index contributed by atoms with van der Waals surface area (Å²) in [6, 6.07) is 12.3. The first-order valence-corrected chi connectivity index (χ1v) is 6.44. The molecule has 0 atom stereocenters. The number of rotatable bonds is 4. The number of hydrogen-bond acceptors (Lipinski definition) is 3. The van der Waals surface area contributed by atoms with Crippen LogP contribution in [0.3, 0.4) is 0 Å². The molecular formula is C15H15ClN2O2. The van der Waals surface area contributed by atoms with Gasteiger partial charge in [-0.3, -0.25) is 4.79 Å². The molecule has 0 aliphatic carbocycles. The number of amides is 1. The van der Waals surface area contributed by atoms with Crippen molar-refractivity contribution in [3.63, 3.8) is 0 Å². The molecule has 0 unspecified atom stereocenters. The van der Waals surface area contributed by atoms with Crippen LogP contribution in [0.25, 0.3) is 0 Å². The van der Waals surface area contributed by atoms with Crippen molar-refractivity contribution in [1.82, 2.24) is 5.32 Å². The number of halogens is 1. The Morgan fingerprint density at radius 2 is 2.10 bits per heavy atom. The van der Waals surface area contributed by atoms with E-state index in [0.29, 0.717) is 28.6 Å². The zero-order valence-electron chi connectivity index (χ0n) is 11.0. The van der Waals surface area contributed by atoms with Gasteiger partial charge in [-0.1, -0.05) is 23.7 Å². The van der Waals surface area contributed by atoms with Crippen molar-refractivity contribution in [3.05, 3.63) is 58.6 Å². The molecule has 0 aliphatic heterocycles. The van der Waals surface area contributed by atoms with Crippen LogP contribution >= 0.6 is 11.6 Å². The molecule has 20 heavy (non-hydrogen) atoms. The molecule has 0 saturated carbocycles. The SMILES string of the molecule is COc1cc(N)ccc1C(=O)NCc1cccc(Cl)c1. The molecule has 1 amide bonds. The summed E-state index contributed by atoms with van der Waals surface area (Å²) in [5, 5.41) is 3.46. The van der Waals surface area contributed by atoms with Crippen LogP contribution in [0, 0.1) is 0 Å². The standard InChI is InChI=1S/C15H15ClN2O2/c1-20-14-8-12(17)5-6-13(14)15(19)18-9-10-3-2-4-11(16)7-10/h2-8H,9,17H2,1H3,(H,18,19). The zero-order valence-corrected chi connectivity index (χ0v) is 11.8. The largest absolute Gasteiger partial charge is 0.496 e. The van der Waals surface area contributed by atoms with E-state index in [-0.39, 0.29) is 5.91 Å². The number of ether oxygens (including phenoxy) is 1. The fourth-order valence-electron chi connectivity index (χ4n) is 1.82. The Kier molecular flexibility index (Phi) is 4.48. The fourth-order valence-corrected chi connectivity index (χ4v) is 2.03. The number of anilines is 1. The van der Waals surface area contributed by atoms with Gasteiger partial charge in [-0.25, -0.2) is 0 Å². The fraction of sp³-hybridized carbons (Fsp3) is 0.133. The summed E-state index contributed by atoms with van der Waals surface area (Å²) in [7, 11) is 1.50. The van der Waals surface area contributed by atoms with E-state index in [9.17, 15) is 4.79 Å². The van der Waals surface area contributed by atoms with E-state index in [1.165, 1.54) is 7.11 Å². The maximum absolute atomic E-state index is 12.1. The first kappa shape index (κ1) is 14.2. The van der Waals surface area contributed by atoms with Gasteiger partial charge in [0.05, 0.1) is 12.7 Å². The van der Waals surface area contributed by atoms with Crippen LogP contribution in [0.4, 0.5) is 5.69 Å². The Bertz CT molecular complexity index is 629. The molecule has 2 aromatic rings. The first-order chi connectivity index (χ1) is 9.60. The van der Waals surface area contributed by atoms with Crippen molar-refractivity contribution in [2.75, 3.05) is 12.8 Å².